The largest absolute Gasteiger partial charge is 0.459 e. The molecule has 4 heteroatoms. The third kappa shape index (κ3) is 2.69. The molecule has 1 fully saturated rings. The van der Waals surface area contributed by atoms with E-state index in [1.807, 2.05) is 18.2 Å². The number of anilines is 1. The van der Waals surface area contributed by atoms with Crippen LogP contribution in [0.5, 0.6) is 0 Å². The molecular weight excluding hydrogens is 252 g/mol. The lowest BCUT2D eigenvalue weighted by atomic mass is 10.2. The summed E-state index contributed by atoms with van der Waals surface area (Å²) in [6.45, 7) is 1.69. The number of carbonyl (C=O) groups excluding carboxylic acids is 1. The lowest BCUT2D eigenvalue weighted by Crippen LogP contribution is -2.40. The molecule has 2 heterocycles. The molecule has 1 N–H and O–H groups in total. The first-order valence-corrected chi connectivity index (χ1v) is 6.98. The molecular formula is C16H18N2O2. The predicted molar refractivity (Wildman–Crippen MR) is 77.9 cm³/mol. The van der Waals surface area contributed by atoms with Crippen molar-refractivity contribution in [3.8, 4) is 0 Å². The van der Waals surface area contributed by atoms with Gasteiger partial charge in [0.05, 0.1) is 6.26 Å². The van der Waals surface area contributed by atoms with Crippen molar-refractivity contribution in [3.05, 3.63) is 54.5 Å². The molecule has 1 aliphatic rings. The highest BCUT2D eigenvalue weighted by Gasteiger charge is 2.25. The van der Waals surface area contributed by atoms with Gasteiger partial charge in [-0.1, -0.05) is 18.2 Å². The maximum atomic E-state index is 11.9. The Kier molecular flexibility index (Phi) is 3.72. The normalized spacial score (nSPS) is 18.2. The fraction of sp³-hybridized carbons (Fsp3) is 0.312. The van der Waals surface area contributed by atoms with Crippen LogP contribution in [0.3, 0.4) is 0 Å². The van der Waals surface area contributed by atoms with Crippen molar-refractivity contribution in [1.29, 1.82) is 0 Å². The Hall–Kier alpha value is -2.23. The predicted octanol–water partition coefficient (Wildman–Crippen LogP) is 2.68. The zero-order valence-electron chi connectivity index (χ0n) is 11.3. The standard InChI is InChI=1S/C16H18N2O2/c19-16(15-9-5-11-20-15)17-12-14-8-4-10-18(14)13-6-2-1-3-7-13/h1-3,5-7,9,11,14H,4,8,10,12H2,(H,17,19). The van der Waals surface area contributed by atoms with E-state index >= 15 is 0 Å². The van der Waals surface area contributed by atoms with Gasteiger partial charge in [0.1, 0.15) is 0 Å². The molecule has 104 valence electrons. The van der Waals surface area contributed by atoms with Crippen molar-refractivity contribution < 1.29 is 9.21 Å². The van der Waals surface area contributed by atoms with Gasteiger partial charge in [-0.05, 0) is 37.1 Å². The molecule has 20 heavy (non-hydrogen) atoms. The molecule has 1 aliphatic heterocycles. The Labute approximate surface area is 118 Å². The highest BCUT2D eigenvalue weighted by Crippen LogP contribution is 2.24. The quantitative estimate of drug-likeness (QED) is 0.929. The summed E-state index contributed by atoms with van der Waals surface area (Å²) in [6, 6.07) is 14.1. The van der Waals surface area contributed by atoms with Gasteiger partial charge in [-0.15, -0.1) is 0 Å². The fourth-order valence-corrected chi connectivity index (χ4v) is 2.71. The molecule has 0 aliphatic carbocycles. The van der Waals surface area contributed by atoms with Crippen LogP contribution in [0.2, 0.25) is 0 Å². The lowest BCUT2D eigenvalue weighted by molar-refractivity contribution is 0.0923. The molecule has 1 unspecified atom stereocenters. The van der Waals surface area contributed by atoms with E-state index in [0.717, 1.165) is 19.4 Å². The van der Waals surface area contributed by atoms with Crippen LogP contribution in [0.4, 0.5) is 5.69 Å². The van der Waals surface area contributed by atoms with E-state index in [-0.39, 0.29) is 5.91 Å². The summed E-state index contributed by atoms with van der Waals surface area (Å²) >= 11 is 0. The topological polar surface area (TPSA) is 45.5 Å². The molecule has 1 amide bonds. The number of nitrogens with zero attached hydrogens (tertiary/aromatic N) is 1. The van der Waals surface area contributed by atoms with Crippen molar-refractivity contribution in [2.24, 2.45) is 0 Å². The molecule has 4 nitrogen and oxygen atoms in total. The average Bonchev–Trinajstić information content (AvgIpc) is 3.17. The number of furan rings is 1. The molecule has 0 saturated carbocycles. The Balaban J connectivity index is 1.61. The van der Waals surface area contributed by atoms with E-state index in [0.29, 0.717) is 18.3 Å². The second-order valence-electron chi connectivity index (χ2n) is 5.01. The molecule has 1 aromatic carbocycles. The molecule has 2 aromatic rings. The van der Waals surface area contributed by atoms with Crippen molar-refractivity contribution in [2.75, 3.05) is 18.0 Å². The second kappa shape index (κ2) is 5.82. The maximum absolute atomic E-state index is 11.9. The fourth-order valence-electron chi connectivity index (χ4n) is 2.71. The summed E-state index contributed by atoms with van der Waals surface area (Å²) in [5, 5.41) is 2.95. The van der Waals surface area contributed by atoms with Crippen LogP contribution in [0, 0.1) is 0 Å². The van der Waals surface area contributed by atoms with Gasteiger partial charge < -0.3 is 14.6 Å². The monoisotopic (exact) mass is 270 g/mol. The minimum absolute atomic E-state index is 0.144. The van der Waals surface area contributed by atoms with Crippen molar-refractivity contribution >= 4 is 11.6 Å². The van der Waals surface area contributed by atoms with Crippen LogP contribution >= 0.6 is 0 Å². The van der Waals surface area contributed by atoms with Gasteiger partial charge in [-0.25, -0.2) is 0 Å². The Morgan fingerprint density at radius 2 is 2.10 bits per heavy atom. The van der Waals surface area contributed by atoms with Gasteiger partial charge in [0.15, 0.2) is 5.76 Å². The van der Waals surface area contributed by atoms with Crippen LogP contribution in [0.15, 0.2) is 53.1 Å². The van der Waals surface area contributed by atoms with Crippen molar-refractivity contribution in [1.82, 2.24) is 5.32 Å². The molecule has 1 atom stereocenters. The smallest absolute Gasteiger partial charge is 0.287 e. The number of benzene rings is 1. The number of rotatable bonds is 4. The third-order valence-electron chi connectivity index (χ3n) is 3.71. The van der Waals surface area contributed by atoms with E-state index in [2.05, 4.69) is 22.3 Å². The number of amides is 1. The number of hydrogen-bond donors (Lipinski definition) is 1. The first-order valence-electron chi connectivity index (χ1n) is 6.98. The van der Waals surface area contributed by atoms with Gasteiger partial charge in [0.25, 0.3) is 5.91 Å². The molecule has 1 saturated heterocycles. The van der Waals surface area contributed by atoms with Gasteiger partial charge >= 0.3 is 0 Å². The Morgan fingerprint density at radius 3 is 2.85 bits per heavy atom. The molecule has 0 spiro atoms. The summed E-state index contributed by atoms with van der Waals surface area (Å²) in [5.41, 5.74) is 1.22. The van der Waals surface area contributed by atoms with Crippen molar-refractivity contribution in [3.63, 3.8) is 0 Å². The van der Waals surface area contributed by atoms with Crippen LogP contribution in [0.25, 0.3) is 0 Å². The van der Waals surface area contributed by atoms with Crippen LogP contribution < -0.4 is 10.2 Å². The summed E-state index contributed by atoms with van der Waals surface area (Å²) in [5.74, 6) is 0.226. The third-order valence-corrected chi connectivity index (χ3v) is 3.71. The van der Waals surface area contributed by atoms with E-state index in [4.69, 9.17) is 4.42 Å². The van der Waals surface area contributed by atoms with Crippen LogP contribution in [0.1, 0.15) is 23.4 Å². The summed E-state index contributed by atoms with van der Waals surface area (Å²) in [6.07, 6.45) is 3.78. The molecule has 0 radical (unpaired) electrons. The summed E-state index contributed by atoms with van der Waals surface area (Å²) in [4.78, 5) is 14.2. The van der Waals surface area contributed by atoms with E-state index in [9.17, 15) is 4.79 Å². The summed E-state index contributed by atoms with van der Waals surface area (Å²) < 4.78 is 5.10. The van der Waals surface area contributed by atoms with Crippen LogP contribution in [-0.4, -0.2) is 25.0 Å². The average molecular weight is 270 g/mol. The zero-order valence-corrected chi connectivity index (χ0v) is 11.3. The highest BCUT2D eigenvalue weighted by atomic mass is 16.3. The zero-order chi connectivity index (χ0) is 13.8. The minimum Gasteiger partial charge on any atom is -0.459 e. The van der Waals surface area contributed by atoms with Crippen molar-refractivity contribution in [2.45, 2.75) is 18.9 Å². The van der Waals surface area contributed by atoms with E-state index < -0.39 is 0 Å². The lowest BCUT2D eigenvalue weighted by Gasteiger charge is -2.26. The van der Waals surface area contributed by atoms with Gasteiger partial charge in [-0.3, -0.25) is 4.79 Å². The maximum Gasteiger partial charge on any atom is 0.287 e. The molecule has 1 aromatic heterocycles. The molecule has 0 bridgehead atoms. The Bertz CT molecular complexity index is 551. The first-order chi connectivity index (χ1) is 9.84. The number of carbonyl (C=O) groups is 1. The van der Waals surface area contributed by atoms with E-state index in [1.165, 1.54) is 12.0 Å². The van der Waals surface area contributed by atoms with E-state index in [1.54, 1.807) is 12.1 Å². The van der Waals surface area contributed by atoms with Crippen LogP contribution in [-0.2, 0) is 0 Å². The Morgan fingerprint density at radius 1 is 1.25 bits per heavy atom. The minimum atomic E-state index is -0.144. The van der Waals surface area contributed by atoms with Gasteiger partial charge in [0.2, 0.25) is 0 Å². The van der Waals surface area contributed by atoms with Gasteiger partial charge in [0, 0.05) is 24.8 Å². The first kappa shape index (κ1) is 12.8. The SMILES string of the molecule is O=C(NCC1CCCN1c1ccccc1)c1ccco1. The molecule has 3 rings (SSSR count). The highest BCUT2D eigenvalue weighted by molar-refractivity contribution is 5.91. The van der Waals surface area contributed by atoms with Gasteiger partial charge in [-0.2, -0.15) is 0 Å². The number of hydrogen-bond acceptors (Lipinski definition) is 3. The second-order valence-corrected chi connectivity index (χ2v) is 5.01. The number of nitrogens with one attached hydrogen (secondary N) is 1. The number of para-hydroxylation sites is 1. The summed E-state index contributed by atoms with van der Waals surface area (Å²) in [7, 11) is 0.